The molecular formula is C12H9ClN4O2. The van der Waals surface area contributed by atoms with Crippen LogP contribution in [0.15, 0.2) is 45.9 Å². The zero-order valence-corrected chi connectivity index (χ0v) is 10.4. The molecule has 0 fully saturated rings. The van der Waals surface area contributed by atoms with E-state index >= 15 is 0 Å². The maximum absolute atomic E-state index is 11.9. The molecule has 0 saturated heterocycles. The number of nitrogens with zero attached hydrogens (tertiary/aromatic N) is 2. The van der Waals surface area contributed by atoms with Crippen molar-refractivity contribution in [2.45, 2.75) is 0 Å². The van der Waals surface area contributed by atoms with Crippen LogP contribution in [0.5, 0.6) is 0 Å². The van der Waals surface area contributed by atoms with Gasteiger partial charge in [-0.3, -0.25) is 5.84 Å². The number of hydrogen-bond acceptors (Lipinski definition) is 5. The van der Waals surface area contributed by atoms with E-state index in [2.05, 4.69) is 10.5 Å². The zero-order valence-electron chi connectivity index (χ0n) is 9.63. The minimum absolute atomic E-state index is 0.299. The van der Waals surface area contributed by atoms with Crippen molar-refractivity contribution in [1.29, 1.82) is 0 Å². The Hall–Kier alpha value is -2.31. The first-order chi connectivity index (χ1) is 9.17. The molecule has 2 heterocycles. The molecule has 0 aliphatic carbocycles. The van der Waals surface area contributed by atoms with Gasteiger partial charge in [0.1, 0.15) is 5.58 Å². The monoisotopic (exact) mass is 276 g/mol. The number of anilines is 1. The van der Waals surface area contributed by atoms with Crippen LogP contribution in [0, 0.1) is 0 Å². The molecule has 96 valence electrons. The third-order valence-corrected chi connectivity index (χ3v) is 2.88. The predicted octanol–water partition coefficient (Wildman–Crippen LogP) is 1.92. The Balaban J connectivity index is 2.22. The standard InChI is InChI=1S/C12H9ClN4O2/c13-8-5-15-17(6-8)10-3-7-1-2-9(16-14)4-11(7)19-12(10)18/h1-6,16H,14H2. The highest BCUT2D eigenvalue weighted by molar-refractivity contribution is 6.30. The van der Waals surface area contributed by atoms with Crippen molar-refractivity contribution in [1.82, 2.24) is 9.78 Å². The number of halogens is 1. The summed E-state index contributed by atoms with van der Waals surface area (Å²) in [7, 11) is 0. The fourth-order valence-electron chi connectivity index (χ4n) is 1.78. The van der Waals surface area contributed by atoms with Crippen LogP contribution >= 0.6 is 11.6 Å². The number of hydrazine groups is 1. The van der Waals surface area contributed by atoms with Gasteiger partial charge in [0.05, 0.1) is 16.9 Å². The van der Waals surface area contributed by atoms with Gasteiger partial charge in [0.25, 0.3) is 0 Å². The lowest BCUT2D eigenvalue weighted by molar-refractivity contribution is 0.552. The van der Waals surface area contributed by atoms with Crippen molar-refractivity contribution in [3.8, 4) is 5.69 Å². The number of nitrogen functional groups attached to an aromatic ring is 1. The van der Waals surface area contributed by atoms with Gasteiger partial charge in [0, 0.05) is 17.6 Å². The van der Waals surface area contributed by atoms with E-state index in [0.717, 1.165) is 5.39 Å². The predicted molar refractivity (Wildman–Crippen MR) is 72.4 cm³/mol. The van der Waals surface area contributed by atoms with Crippen LogP contribution in [-0.2, 0) is 0 Å². The smallest absolute Gasteiger partial charge is 0.362 e. The quantitative estimate of drug-likeness (QED) is 0.424. The number of benzene rings is 1. The Labute approximate surface area is 112 Å². The topological polar surface area (TPSA) is 86.1 Å². The fraction of sp³-hybridized carbons (Fsp3) is 0. The summed E-state index contributed by atoms with van der Waals surface area (Å²) in [6.45, 7) is 0. The van der Waals surface area contributed by atoms with Crippen LogP contribution in [0.2, 0.25) is 5.02 Å². The summed E-state index contributed by atoms with van der Waals surface area (Å²) in [5, 5.41) is 5.19. The van der Waals surface area contributed by atoms with E-state index in [4.69, 9.17) is 21.9 Å². The first-order valence-electron chi connectivity index (χ1n) is 5.42. The fourth-order valence-corrected chi connectivity index (χ4v) is 1.92. The van der Waals surface area contributed by atoms with Gasteiger partial charge in [0.2, 0.25) is 0 Å². The molecule has 3 N–H and O–H groups in total. The van der Waals surface area contributed by atoms with Crippen molar-refractivity contribution in [2.24, 2.45) is 5.84 Å². The molecule has 6 nitrogen and oxygen atoms in total. The highest BCUT2D eigenvalue weighted by Gasteiger charge is 2.09. The average Bonchev–Trinajstić information content (AvgIpc) is 2.83. The largest absolute Gasteiger partial charge is 0.421 e. The summed E-state index contributed by atoms with van der Waals surface area (Å²) in [6, 6.07) is 6.91. The van der Waals surface area contributed by atoms with Crippen molar-refractivity contribution in [3.05, 3.63) is 52.1 Å². The number of fused-ring (bicyclic) bond motifs is 1. The molecule has 19 heavy (non-hydrogen) atoms. The van der Waals surface area contributed by atoms with E-state index in [1.54, 1.807) is 24.3 Å². The van der Waals surface area contributed by atoms with Crippen molar-refractivity contribution in [3.63, 3.8) is 0 Å². The van der Waals surface area contributed by atoms with E-state index in [0.29, 0.717) is 22.0 Å². The Kier molecular flexibility index (Phi) is 2.73. The van der Waals surface area contributed by atoms with Crippen molar-refractivity contribution >= 4 is 28.3 Å². The maximum Gasteiger partial charge on any atom is 0.362 e. The maximum atomic E-state index is 11.9. The van der Waals surface area contributed by atoms with Crippen LogP contribution < -0.4 is 16.9 Å². The Morgan fingerprint density at radius 3 is 2.89 bits per heavy atom. The summed E-state index contributed by atoms with van der Waals surface area (Å²) in [6.07, 6.45) is 2.99. The van der Waals surface area contributed by atoms with E-state index in [1.165, 1.54) is 17.1 Å². The Morgan fingerprint density at radius 1 is 1.37 bits per heavy atom. The summed E-state index contributed by atoms with van der Waals surface area (Å²) >= 11 is 5.78. The van der Waals surface area contributed by atoms with Crippen LogP contribution in [0.3, 0.4) is 0 Å². The molecule has 0 bridgehead atoms. The van der Waals surface area contributed by atoms with Gasteiger partial charge in [-0.2, -0.15) is 5.10 Å². The lowest BCUT2D eigenvalue weighted by Crippen LogP contribution is -2.11. The van der Waals surface area contributed by atoms with Gasteiger partial charge in [-0.05, 0) is 18.2 Å². The molecule has 1 aromatic carbocycles. The van der Waals surface area contributed by atoms with Gasteiger partial charge in [-0.1, -0.05) is 11.6 Å². The molecule has 3 aromatic rings. The molecule has 0 saturated carbocycles. The number of rotatable bonds is 2. The molecule has 7 heteroatoms. The minimum atomic E-state index is -0.499. The SMILES string of the molecule is NNc1ccc2cc(-n3cc(Cl)cn3)c(=O)oc2c1. The van der Waals surface area contributed by atoms with Crippen LogP contribution in [0.1, 0.15) is 0 Å². The lowest BCUT2D eigenvalue weighted by atomic mass is 10.2. The molecule has 0 aliphatic heterocycles. The number of hydrogen-bond donors (Lipinski definition) is 2. The minimum Gasteiger partial charge on any atom is -0.421 e. The molecule has 0 amide bonds. The normalized spacial score (nSPS) is 10.8. The molecule has 3 rings (SSSR count). The number of nitrogens with one attached hydrogen (secondary N) is 1. The second-order valence-electron chi connectivity index (χ2n) is 3.92. The van der Waals surface area contributed by atoms with Crippen LogP contribution in [-0.4, -0.2) is 9.78 Å². The molecular weight excluding hydrogens is 268 g/mol. The second-order valence-corrected chi connectivity index (χ2v) is 4.36. The van der Waals surface area contributed by atoms with Crippen molar-refractivity contribution in [2.75, 3.05) is 5.43 Å². The Bertz CT molecular complexity index is 809. The number of nitrogens with two attached hydrogens (primary N) is 1. The second kappa shape index (κ2) is 4.42. The highest BCUT2D eigenvalue weighted by atomic mass is 35.5. The Morgan fingerprint density at radius 2 is 2.21 bits per heavy atom. The highest BCUT2D eigenvalue weighted by Crippen LogP contribution is 2.19. The third kappa shape index (κ3) is 2.07. The van der Waals surface area contributed by atoms with Gasteiger partial charge < -0.3 is 9.84 Å². The summed E-state index contributed by atoms with van der Waals surface area (Å²) in [5.41, 5.74) is 3.40. The van der Waals surface area contributed by atoms with Gasteiger partial charge >= 0.3 is 5.63 Å². The molecule has 0 spiro atoms. The van der Waals surface area contributed by atoms with E-state index in [-0.39, 0.29) is 0 Å². The van der Waals surface area contributed by atoms with E-state index in [1.807, 2.05) is 0 Å². The summed E-state index contributed by atoms with van der Waals surface area (Å²) in [4.78, 5) is 11.9. The first kappa shape index (κ1) is 11.8. The first-order valence-corrected chi connectivity index (χ1v) is 5.80. The molecule has 0 atom stereocenters. The van der Waals surface area contributed by atoms with E-state index < -0.39 is 5.63 Å². The zero-order chi connectivity index (χ0) is 13.4. The lowest BCUT2D eigenvalue weighted by Gasteiger charge is -2.04. The van der Waals surface area contributed by atoms with Crippen molar-refractivity contribution < 1.29 is 4.42 Å². The van der Waals surface area contributed by atoms with Crippen LogP contribution in [0.25, 0.3) is 16.7 Å². The van der Waals surface area contributed by atoms with Crippen LogP contribution in [0.4, 0.5) is 5.69 Å². The molecule has 0 unspecified atom stereocenters. The van der Waals surface area contributed by atoms with Gasteiger partial charge in [0.15, 0.2) is 5.69 Å². The van der Waals surface area contributed by atoms with Gasteiger partial charge in [-0.15, -0.1) is 0 Å². The van der Waals surface area contributed by atoms with E-state index in [9.17, 15) is 4.79 Å². The average molecular weight is 277 g/mol. The van der Waals surface area contributed by atoms with Gasteiger partial charge in [-0.25, -0.2) is 9.48 Å². The molecule has 2 aromatic heterocycles. The molecule has 0 aliphatic rings. The third-order valence-electron chi connectivity index (χ3n) is 2.68. The number of aromatic nitrogens is 2. The molecule has 0 radical (unpaired) electrons. The summed E-state index contributed by atoms with van der Waals surface area (Å²) in [5.74, 6) is 5.30. The summed E-state index contributed by atoms with van der Waals surface area (Å²) < 4.78 is 6.62.